The monoisotopic (exact) mass is 221 g/mol. The number of rotatable bonds is 5. The average molecular weight is 221 g/mol. The van der Waals surface area contributed by atoms with Crippen LogP contribution in [0.4, 0.5) is 0 Å². The van der Waals surface area contributed by atoms with Crippen LogP contribution in [0.2, 0.25) is 0 Å². The number of benzene rings is 1. The normalized spacial score (nSPS) is 10.4. The van der Waals surface area contributed by atoms with Crippen molar-refractivity contribution >= 4 is 12.2 Å². The van der Waals surface area contributed by atoms with E-state index in [1.54, 1.807) is 20.2 Å². The summed E-state index contributed by atoms with van der Waals surface area (Å²) in [6.07, 6.45) is 1.64. The summed E-state index contributed by atoms with van der Waals surface area (Å²) in [6.45, 7) is 2.21. The molecule has 0 unspecified atom stereocenters. The average Bonchev–Trinajstić information content (AvgIpc) is 2.30. The maximum absolute atomic E-state index is 11.0. The van der Waals surface area contributed by atoms with Crippen molar-refractivity contribution < 1.29 is 14.3 Å². The van der Waals surface area contributed by atoms with Gasteiger partial charge in [0.05, 0.1) is 13.7 Å². The molecule has 0 aliphatic heterocycles. The Morgan fingerprint density at radius 1 is 1.38 bits per heavy atom. The van der Waals surface area contributed by atoms with Crippen LogP contribution in [0.5, 0.6) is 5.75 Å². The minimum Gasteiger partial charge on any atom is -0.497 e. The van der Waals surface area contributed by atoms with E-state index in [0.717, 1.165) is 11.3 Å². The lowest BCUT2D eigenvalue weighted by atomic mass is 10.2. The summed E-state index contributed by atoms with van der Waals surface area (Å²) in [6, 6.07) is 7.42. The molecule has 16 heavy (non-hydrogen) atoms. The van der Waals surface area contributed by atoms with Crippen molar-refractivity contribution in [3.05, 3.63) is 29.8 Å². The predicted molar refractivity (Wildman–Crippen MR) is 62.1 cm³/mol. The highest BCUT2D eigenvalue weighted by Crippen LogP contribution is 2.09. The Labute approximate surface area is 94.9 Å². The lowest BCUT2D eigenvalue weighted by molar-refractivity contribution is -0.141. The molecule has 0 heterocycles. The topological polar surface area (TPSA) is 47.9 Å². The second-order valence-electron chi connectivity index (χ2n) is 3.05. The second-order valence-corrected chi connectivity index (χ2v) is 3.05. The van der Waals surface area contributed by atoms with Crippen LogP contribution in [-0.4, -0.2) is 32.4 Å². The van der Waals surface area contributed by atoms with E-state index in [9.17, 15) is 4.79 Å². The van der Waals surface area contributed by atoms with E-state index in [4.69, 9.17) is 9.47 Å². The van der Waals surface area contributed by atoms with E-state index in [2.05, 4.69) is 4.99 Å². The van der Waals surface area contributed by atoms with Gasteiger partial charge in [-0.3, -0.25) is 9.79 Å². The van der Waals surface area contributed by atoms with Gasteiger partial charge in [0.15, 0.2) is 0 Å². The van der Waals surface area contributed by atoms with E-state index in [0.29, 0.717) is 6.61 Å². The Balaban J connectivity index is 2.46. The summed E-state index contributed by atoms with van der Waals surface area (Å²) in [7, 11) is 1.61. The molecule has 0 fully saturated rings. The maximum atomic E-state index is 11.0. The van der Waals surface area contributed by atoms with Gasteiger partial charge in [0.25, 0.3) is 0 Å². The highest BCUT2D eigenvalue weighted by Gasteiger charge is 1.97. The lowest BCUT2D eigenvalue weighted by Gasteiger charge is -1.99. The van der Waals surface area contributed by atoms with Gasteiger partial charge in [0.2, 0.25) is 0 Å². The van der Waals surface area contributed by atoms with Crippen molar-refractivity contribution in [1.29, 1.82) is 0 Å². The van der Waals surface area contributed by atoms with Crippen LogP contribution in [0.3, 0.4) is 0 Å². The molecule has 0 saturated carbocycles. The van der Waals surface area contributed by atoms with Gasteiger partial charge in [-0.2, -0.15) is 0 Å². The zero-order chi connectivity index (χ0) is 11.8. The fourth-order valence-corrected chi connectivity index (χ4v) is 1.12. The van der Waals surface area contributed by atoms with Gasteiger partial charge in [0, 0.05) is 6.21 Å². The first-order valence-corrected chi connectivity index (χ1v) is 5.05. The summed E-state index contributed by atoms with van der Waals surface area (Å²) < 4.78 is 9.77. The Bertz CT molecular complexity index is 357. The largest absolute Gasteiger partial charge is 0.497 e. The molecule has 0 bridgehead atoms. The molecule has 4 nitrogen and oxygen atoms in total. The third-order valence-corrected chi connectivity index (χ3v) is 1.88. The molecule has 0 aliphatic carbocycles. The lowest BCUT2D eigenvalue weighted by Crippen LogP contribution is -2.07. The minimum absolute atomic E-state index is 0.0554. The Kier molecular flexibility index (Phi) is 5.05. The van der Waals surface area contributed by atoms with Crippen molar-refractivity contribution in [2.75, 3.05) is 20.3 Å². The number of carbonyl (C=O) groups excluding carboxylic acids is 1. The fourth-order valence-electron chi connectivity index (χ4n) is 1.12. The quantitative estimate of drug-likeness (QED) is 0.561. The number of esters is 1. The predicted octanol–water partition coefficient (Wildman–Crippen LogP) is 1.68. The molecule has 0 spiro atoms. The Morgan fingerprint density at radius 3 is 2.62 bits per heavy atom. The fraction of sp³-hybridized carbons (Fsp3) is 0.333. The SMILES string of the molecule is CCOC(=O)C/N=C/c1ccc(OC)cc1. The zero-order valence-electron chi connectivity index (χ0n) is 9.47. The Morgan fingerprint density at radius 2 is 2.06 bits per heavy atom. The smallest absolute Gasteiger partial charge is 0.327 e. The van der Waals surface area contributed by atoms with Crippen molar-refractivity contribution in [2.45, 2.75) is 6.92 Å². The number of methoxy groups -OCH3 is 1. The van der Waals surface area contributed by atoms with Crippen molar-refractivity contribution in [1.82, 2.24) is 0 Å². The second kappa shape index (κ2) is 6.61. The van der Waals surface area contributed by atoms with Gasteiger partial charge in [-0.1, -0.05) is 0 Å². The van der Waals surface area contributed by atoms with E-state index in [1.165, 1.54) is 0 Å². The third-order valence-electron chi connectivity index (χ3n) is 1.88. The molecule has 86 valence electrons. The molecule has 0 N–H and O–H groups in total. The van der Waals surface area contributed by atoms with Crippen LogP contribution in [0, 0.1) is 0 Å². The van der Waals surface area contributed by atoms with Crippen LogP contribution in [0.15, 0.2) is 29.3 Å². The molecular formula is C12H15NO3. The van der Waals surface area contributed by atoms with E-state index < -0.39 is 0 Å². The van der Waals surface area contributed by atoms with Gasteiger partial charge >= 0.3 is 5.97 Å². The van der Waals surface area contributed by atoms with Crippen LogP contribution >= 0.6 is 0 Å². The maximum Gasteiger partial charge on any atom is 0.327 e. The van der Waals surface area contributed by atoms with Crippen molar-refractivity contribution in [2.24, 2.45) is 4.99 Å². The van der Waals surface area contributed by atoms with Crippen LogP contribution < -0.4 is 4.74 Å². The van der Waals surface area contributed by atoms with E-state index >= 15 is 0 Å². The summed E-state index contributed by atoms with van der Waals surface area (Å²) in [5.74, 6) is 0.481. The van der Waals surface area contributed by atoms with Crippen LogP contribution in [0.1, 0.15) is 12.5 Å². The minimum atomic E-state index is -0.313. The van der Waals surface area contributed by atoms with Gasteiger partial charge < -0.3 is 9.47 Å². The molecule has 1 aromatic rings. The van der Waals surface area contributed by atoms with Crippen molar-refractivity contribution in [3.63, 3.8) is 0 Å². The summed E-state index contributed by atoms with van der Waals surface area (Å²) >= 11 is 0. The number of hydrogen-bond donors (Lipinski definition) is 0. The molecule has 0 radical (unpaired) electrons. The highest BCUT2D eigenvalue weighted by molar-refractivity contribution is 5.82. The number of carbonyl (C=O) groups is 1. The molecular weight excluding hydrogens is 206 g/mol. The molecule has 0 aliphatic rings. The molecule has 0 aromatic heterocycles. The molecule has 1 rings (SSSR count). The molecule has 1 aromatic carbocycles. The molecule has 0 saturated heterocycles. The summed E-state index contributed by atoms with van der Waals surface area (Å²) in [5, 5.41) is 0. The zero-order valence-corrected chi connectivity index (χ0v) is 9.47. The van der Waals surface area contributed by atoms with Crippen molar-refractivity contribution in [3.8, 4) is 5.75 Å². The summed E-state index contributed by atoms with van der Waals surface area (Å²) in [5.41, 5.74) is 0.921. The molecule has 0 amide bonds. The highest BCUT2D eigenvalue weighted by atomic mass is 16.5. The Hall–Kier alpha value is -1.84. The van der Waals surface area contributed by atoms with Gasteiger partial charge in [-0.15, -0.1) is 0 Å². The summed E-state index contributed by atoms with van der Waals surface area (Å²) in [4.78, 5) is 15.0. The number of ether oxygens (including phenoxy) is 2. The van der Waals surface area contributed by atoms with Crippen LogP contribution in [0.25, 0.3) is 0 Å². The van der Waals surface area contributed by atoms with Gasteiger partial charge in [-0.05, 0) is 36.8 Å². The van der Waals surface area contributed by atoms with Gasteiger partial charge in [0.1, 0.15) is 12.3 Å². The standard InChI is InChI=1S/C12H15NO3/c1-3-16-12(14)9-13-8-10-4-6-11(15-2)7-5-10/h4-8H,3,9H2,1-2H3/b13-8+. The number of hydrogen-bond acceptors (Lipinski definition) is 4. The first-order chi connectivity index (χ1) is 7.76. The molecule has 0 atom stereocenters. The first-order valence-electron chi connectivity index (χ1n) is 5.05. The van der Waals surface area contributed by atoms with E-state index in [-0.39, 0.29) is 12.5 Å². The van der Waals surface area contributed by atoms with Gasteiger partial charge in [-0.25, -0.2) is 0 Å². The van der Waals surface area contributed by atoms with E-state index in [1.807, 2.05) is 24.3 Å². The molecule has 4 heteroatoms. The number of aliphatic imine (C=N–C) groups is 1. The first kappa shape index (κ1) is 12.2. The third kappa shape index (κ3) is 4.13. The number of nitrogens with zero attached hydrogens (tertiary/aromatic N) is 1. The van der Waals surface area contributed by atoms with Crippen LogP contribution in [-0.2, 0) is 9.53 Å².